The number of amides is 1. The third-order valence-corrected chi connectivity index (χ3v) is 5.56. The van der Waals surface area contributed by atoms with Gasteiger partial charge < -0.3 is 19.7 Å². The first-order valence-electron chi connectivity index (χ1n) is 10.6. The molecule has 1 fully saturated rings. The van der Waals surface area contributed by atoms with Crippen LogP contribution in [0.3, 0.4) is 0 Å². The van der Waals surface area contributed by atoms with E-state index in [0.29, 0.717) is 24.6 Å². The van der Waals surface area contributed by atoms with E-state index in [9.17, 15) is 9.59 Å². The van der Waals surface area contributed by atoms with Crippen molar-refractivity contribution in [1.82, 2.24) is 10.2 Å². The van der Waals surface area contributed by atoms with Gasteiger partial charge in [0.25, 0.3) is 0 Å². The normalized spacial score (nSPS) is 14.2. The van der Waals surface area contributed by atoms with Gasteiger partial charge in [0.1, 0.15) is 0 Å². The second kappa shape index (κ2) is 10.8. The summed E-state index contributed by atoms with van der Waals surface area (Å²) in [5.41, 5.74) is 2.93. The molecule has 0 aliphatic carbocycles. The highest BCUT2D eigenvalue weighted by Crippen LogP contribution is 2.27. The van der Waals surface area contributed by atoms with Crippen molar-refractivity contribution in [2.45, 2.75) is 13.3 Å². The summed E-state index contributed by atoms with van der Waals surface area (Å²) >= 11 is 0. The van der Waals surface area contributed by atoms with Crippen LogP contribution in [-0.4, -0.2) is 70.1 Å². The van der Waals surface area contributed by atoms with Gasteiger partial charge in [-0.05, 0) is 55.3 Å². The SMILES string of the molecule is COc1ccc(CCNC(=O)CN2CCN(c3ccc(C(C)=O)cc3)CC2)cc1OC. The Bertz CT molecular complexity index is 890. The zero-order valence-corrected chi connectivity index (χ0v) is 18.5. The smallest absolute Gasteiger partial charge is 0.234 e. The highest BCUT2D eigenvalue weighted by molar-refractivity contribution is 5.94. The predicted octanol–water partition coefficient (Wildman–Crippen LogP) is 2.39. The molecule has 0 spiro atoms. The summed E-state index contributed by atoms with van der Waals surface area (Å²) in [4.78, 5) is 28.2. The Hall–Kier alpha value is -3.06. The summed E-state index contributed by atoms with van der Waals surface area (Å²) in [5, 5.41) is 3.01. The molecule has 2 aromatic rings. The van der Waals surface area contributed by atoms with Crippen LogP contribution in [0, 0.1) is 0 Å². The molecule has 1 aliphatic heterocycles. The minimum Gasteiger partial charge on any atom is -0.493 e. The number of ether oxygens (including phenoxy) is 2. The molecule has 0 unspecified atom stereocenters. The molecular weight excluding hydrogens is 394 g/mol. The van der Waals surface area contributed by atoms with Crippen LogP contribution in [0.4, 0.5) is 5.69 Å². The molecule has 0 saturated carbocycles. The van der Waals surface area contributed by atoms with Gasteiger partial charge >= 0.3 is 0 Å². The van der Waals surface area contributed by atoms with Crippen molar-refractivity contribution < 1.29 is 19.1 Å². The summed E-state index contributed by atoms with van der Waals surface area (Å²) in [6.45, 7) is 5.94. The molecule has 3 rings (SSSR count). The zero-order chi connectivity index (χ0) is 22.2. The monoisotopic (exact) mass is 425 g/mol. The quantitative estimate of drug-likeness (QED) is 0.622. The number of methoxy groups -OCH3 is 2. The van der Waals surface area contributed by atoms with Crippen LogP contribution in [0.25, 0.3) is 0 Å². The Labute approximate surface area is 183 Å². The van der Waals surface area contributed by atoms with E-state index in [4.69, 9.17) is 9.47 Å². The molecule has 166 valence electrons. The number of hydrogen-bond acceptors (Lipinski definition) is 6. The van der Waals surface area contributed by atoms with Crippen molar-refractivity contribution >= 4 is 17.4 Å². The molecule has 1 aliphatic rings. The van der Waals surface area contributed by atoms with E-state index < -0.39 is 0 Å². The number of piperazine rings is 1. The topological polar surface area (TPSA) is 71.1 Å². The molecule has 0 radical (unpaired) electrons. The molecule has 7 nitrogen and oxygen atoms in total. The lowest BCUT2D eigenvalue weighted by molar-refractivity contribution is -0.122. The van der Waals surface area contributed by atoms with E-state index in [1.807, 2.05) is 42.5 Å². The molecular formula is C24H31N3O4. The number of Topliss-reactive ketones (excluding diaryl/α,β-unsaturated/α-hetero) is 1. The van der Waals surface area contributed by atoms with Gasteiger partial charge in [-0.2, -0.15) is 0 Å². The van der Waals surface area contributed by atoms with E-state index in [1.165, 1.54) is 0 Å². The standard InChI is InChI=1S/C24H31N3O4/c1-18(28)20-5-7-21(8-6-20)27-14-12-26(13-15-27)17-24(29)25-11-10-19-4-9-22(30-2)23(16-19)31-3/h4-9,16H,10-15,17H2,1-3H3,(H,25,29). The highest BCUT2D eigenvalue weighted by atomic mass is 16.5. The fraction of sp³-hybridized carbons (Fsp3) is 0.417. The number of carbonyl (C=O) groups is 2. The van der Waals surface area contributed by atoms with Crippen LogP contribution in [0.2, 0.25) is 0 Å². The number of anilines is 1. The number of ketones is 1. The summed E-state index contributed by atoms with van der Waals surface area (Å²) in [5.74, 6) is 1.51. The molecule has 1 saturated heterocycles. The van der Waals surface area contributed by atoms with Crippen LogP contribution in [-0.2, 0) is 11.2 Å². The summed E-state index contributed by atoms with van der Waals surface area (Å²) in [6, 6.07) is 13.5. The summed E-state index contributed by atoms with van der Waals surface area (Å²) in [6.07, 6.45) is 0.732. The third kappa shape index (κ3) is 6.21. The fourth-order valence-electron chi connectivity index (χ4n) is 3.71. The first kappa shape index (κ1) is 22.6. The number of benzene rings is 2. The van der Waals surface area contributed by atoms with Gasteiger partial charge in [-0.3, -0.25) is 14.5 Å². The first-order chi connectivity index (χ1) is 15.0. The van der Waals surface area contributed by atoms with Gasteiger partial charge in [0.05, 0.1) is 20.8 Å². The fourth-order valence-corrected chi connectivity index (χ4v) is 3.71. The maximum absolute atomic E-state index is 12.3. The molecule has 31 heavy (non-hydrogen) atoms. The number of rotatable bonds is 9. The van der Waals surface area contributed by atoms with Gasteiger partial charge in [-0.1, -0.05) is 6.07 Å². The maximum Gasteiger partial charge on any atom is 0.234 e. The number of nitrogens with zero attached hydrogens (tertiary/aromatic N) is 2. The maximum atomic E-state index is 12.3. The van der Waals surface area contributed by atoms with E-state index >= 15 is 0 Å². The van der Waals surface area contributed by atoms with Gasteiger partial charge in [-0.15, -0.1) is 0 Å². The Morgan fingerprint density at radius 1 is 0.935 bits per heavy atom. The van der Waals surface area contributed by atoms with Crippen molar-refractivity contribution in [3.8, 4) is 11.5 Å². The van der Waals surface area contributed by atoms with Gasteiger partial charge in [0.2, 0.25) is 5.91 Å². The average molecular weight is 426 g/mol. The van der Waals surface area contributed by atoms with Crippen LogP contribution in [0.15, 0.2) is 42.5 Å². The first-order valence-corrected chi connectivity index (χ1v) is 10.6. The van der Waals surface area contributed by atoms with Crippen LogP contribution in [0.5, 0.6) is 11.5 Å². The Morgan fingerprint density at radius 2 is 1.61 bits per heavy atom. The Kier molecular flexibility index (Phi) is 7.89. The Morgan fingerprint density at radius 3 is 2.23 bits per heavy atom. The third-order valence-electron chi connectivity index (χ3n) is 5.56. The van der Waals surface area contributed by atoms with E-state index in [0.717, 1.165) is 49.4 Å². The lowest BCUT2D eigenvalue weighted by Gasteiger charge is -2.35. The lowest BCUT2D eigenvalue weighted by atomic mass is 10.1. The van der Waals surface area contributed by atoms with Crippen molar-refractivity contribution in [3.05, 3.63) is 53.6 Å². The van der Waals surface area contributed by atoms with Crippen LogP contribution >= 0.6 is 0 Å². The molecule has 1 amide bonds. The van der Waals surface area contributed by atoms with Gasteiger partial charge in [0.15, 0.2) is 17.3 Å². The van der Waals surface area contributed by atoms with Crippen LogP contribution in [0.1, 0.15) is 22.8 Å². The lowest BCUT2D eigenvalue weighted by Crippen LogP contribution is -2.49. The molecule has 1 N–H and O–H groups in total. The molecule has 0 atom stereocenters. The minimum atomic E-state index is 0.0414. The van der Waals surface area contributed by atoms with E-state index in [2.05, 4.69) is 15.1 Å². The van der Waals surface area contributed by atoms with Crippen molar-refractivity contribution in [2.75, 3.05) is 58.4 Å². The second-order valence-corrected chi connectivity index (χ2v) is 7.66. The van der Waals surface area contributed by atoms with Crippen molar-refractivity contribution in [2.24, 2.45) is 0 Å². The number of nitrogens with one attached hydrogen (secondary N) is 1. The Balaban J connectivity index is 1.39. The summed E-state index contributed by atoms with van der Waals surface area (Å²) in [7, 11) is 3.23. The van der Waals surface area contributed by atoms with Crippen molar-refractivity contribution in [3.63, 3.8) is 0 Å². The second-order valence-electron chi connectivity index (χ2n) is 7.66. The number of carbonyl (C=O) groups excluding carboxylic acids is 2. The van der Waals surface area contributed by atoms with Crippen molar-refractivity contribution in [1.29, 1.82) is 0 Å². The minimum absolute atomic E-state index is 0.0414. The average Bonchev–Trinajstić information content (AvgIpc) is 2.79. The van der Waals surface area contributed by atoms with E-state index in [1.54, 1.807) is 21.1 Å². The predicted molar refractivity (Wildman–Crippen MR) is 121 cm³/mol. The molecule has 7 heteroatoms. The summed E-state index contributed by atoms with van der Waals surface area (Å²) < 4.78 is 10.6. The molecule has 0 bridgehead atoms. The van der Waals surface area contributed by atoms with Gasteiger partial charge in [-0.25, -0.2) is 0 Å². The van der Waals surface area contributed by atoms with E-state index in [-0.39, 0.29) is 11.7 Å². The highest BCUT2D eigenvalue weighted by Gasteiger charge is 2.19. The van der Waals surface area contributed by atoms with Gasteiger partial charge in [0, 0.05) is 44.0 Å². The zero-order valence-electron chi connectivity index (χ0n) is 18.5. The van der Waals surface area contributed by atoms with Crippen LogP contribution < -0.4 is 19.7 Å². The molecule has 2 aromatic carbocycles. The number of hydrogen-bond donors (Lipinski definition) is 1. The molecule has 0 aromatic heterocycles. The molecule has 1 heterocycles. The largest absolute Gasteiger partial charge is 0.493 e.